The molecule has 0 atom stereocenters. The quantitative estimate of drug-likeness (QED) is 0.488. The number of pyridine rings is 1. The molecule has 0 spiro atoms. The molecule has 1 aromatic heterocycles. The summed E-state index contributed by atoms with van der Waals surface area (Å²) in [7, 11) is 1.80. The third-order valence-electron chi connectivity index (χ3n) is 3.65. The first kappa shape index (κ1) is 16.3. The molecule has 118 valence electrons. The Kier molecular flexibility index (Phi) is 6.19. The monoisotopic (exact) mass is 298 g/mol. The average molecular weight is 298 g/mol. The van der Waals surface area contributed by atoms with Crippen molar-refractivity contribution >= 4 is 16.7 Å². The molecule has 0 aliphatic heterocycles. The number of fused-ring (bicyclic) bond motifs is 1. The van der Waals surface area contributed by atoms with E-state index in [4.69, 9.17) is 0 Å². The Hall–Kier alpha value is -2.10. The summed E-state index contributed by atoms with van der Waals surface area (Å²) >= 11 is 0. The van der Waals surface area contributed by atoms with Crippen LogP contribution in [0.4, 0.5) is 0 Å². The normalized spacial score (nSPS) is 11.9. The number of aromatic nitrogens is 1. The molecule has 22 heavy (non-hydrogen) atoms. The van der Waals surface area contributed by atoms with Crippen LogP contribution in [0, 0.1) is 5.92 Å². The van der Waals surface area contributed by atoms with Gasteiger partial charge in [-0.2, -0.15) is 0 Å². The maximum Gasteiger partial charge on any atom is 0.191 e. The summed E-state index contributed by atoms with van der Waals surface area (Å²) in [5.74, 6) is 1.58. The summed E-state index contributed by atoms with van der Waals surface area (Å²) in [6.07, 6.45) is 4.25. The van der Waals surface area contributed by atoms with Gasteiger partial charge in [0, 0.05) is 25.2 Å². The van der Waals surface area contributed by atoms with Crippen LogP contribution < -0.4 is 10.6 Å². The minimum Gasteiger partial charge on any atom is -0.356 e. The lowest BCUT2D eigenvalue weighted by atomic mass is 10.1. The Bertz CT molecular complexity index is 614. The predicted molar refractivity (Wildman–Crippen MR) is 94.0 cm³/mol. The highest BCUT2D eigenvalue weighted by Gasteiger charge is 2.03. The summed E-state index contributed by atoms with van der Waals surface area (Å²) in [5.41, 5.74) is 1.04. The van der Waals surface area contributed by atoms with Crippen molar-refractivity contribution in [2.45, 2.75) is 33.2 Å². The molecule has 0 fully saturated rings. The molecule has 0 unspecified atom stereocenters. The van der Waals surface area contributed by atoms with Crippen LogP contribution in [0.15, 0.2) is 41.5 Å². The molecule has 2 N–H and O–H groups in total. The van der Waals surface area contributed by atoms with Crippen molar-refractivity contribution in [2.75, 3.05) is 13.6 Å². The third-order valence-corrected chi connectivity index (χ3v) is 3.65. The molecule has 4 nitrogen and oxygen atoms in total. The Balaban J connectivity index is 1.90. The second-order valence-corrected chi connectivity index (χ2v) is 5.87. The van der Waals surface area contributed by atoms with Crippen molar-refractivity contribution in [3.8, 4) is 0 Å². The second-order valence-electron chi connectivity index (χ2n) is 5.87. The summed E-state index contributed by atoms with van der Waals surface area (Å²) in [6, 6.07) is 10.4. The van der Waals surface area contributed by atoms with Gasteiger partial charge in [-0.25, -0.2) is 0 Å². The average Bonchev–Trinajstić information content (AvgIpc) is 2.54. The molecular formula is C18H26N4. The number of nitrogens with zero attached hydrogens (tertiary/aromatic N) is 2. The van der Waals surface area contributed by atoms with Crippen molar-refractivity contribution < 1.29 is 0 Å². The molecule has 0 aliphatic rings. The van der Waals surface area contributed by atoms with Crippen LogP contribution in [0.2, 0.25) is 0 Å². The number of rotatable bonds is 6. The first-order valence-corrected chi connectivity index (χ1v) is 7.98. The van der Waals surface area contributed by atoms with Crippen molar-refractivity contribution in [2.24, 2.45) is 10.9 Å². The number of benzene rings is 1. The Labute approximate surface area is 133 Å². The topological polar surface area (TPSA) is 49.3 Å². The lowest BCUT2D eigenvalue weighted by Gasteiger charge is -2.13. The van der Waals surface area contributed by atoms with E-state index in [2.05, 4.69) is 52.7 Å². The molecule has 1 aromatic carbocycles. The molecule has 4 heteroatoms. The van der Waals surface area contributed by atoms with E-state index in [1.807, 2.05) is 18.3 Å². The second kappa shape index (κ2) is 8.37. The van der Waals surface area contributed by atoms with E-state index in [1.54, 1.807) is 7.05 Å². The summed E-state index contributed by atoms with van der Waals surface area (Å²) in [4.78, 5) is 8.75. The first-order valence-electron chi connectivity index (χ1n) is 7.98. The lowest BCUT2D eigenvalue weighted by Crippen LogP contribution is -2.37. The molecule has 2 rings (SSSR count). The summed E-state index contributed by atoms with van der Waals surface area (Å²) < 4.78 is 0. The minimum atomic E-state index is 0.672. The largest absolute Gasteiger partial charge is 0.356 e. The van der Waals surface area contributed by atoms with Gasteiger partial charge in [-0.15, -0.1) is 0 Å². The standard InChI is InChI=1S/C18H26N4/c1-14(2)7-6-11-21-18(19-3)22-13-17-16-9-5-4-8-15(16)10-12-20-17/h4-5,8-10,12,14H,6-7,11,13H2,1-3H3,(H2,19,21,22). The van der Waals surface area contributed by atoms with Crippen LogP contribution >= 0.6 is 0 Å². The number of guanidine groups is 1. The molecule has 2 aromatic rings. The predicted octanol–water partition coefficient (Wildman–Crippen LogP) is 3.34. The van der Waals surface area contributed by atoms with Gasteiger partial charge in [0.2, 0.25) is 0 Å². The molecule has 0 amide bonds. The zero-order valence-corrected chi connectivity index (χ0v) is 13.8. The van der Waals surface area contributed by atoms with Gasteiger partial charge in [-0.05, 0) is 30.2 Å². The molecule has 1 heterocycles. The summed E-state index contributed by atoms with van der Waals surface area (Å²) in [5, 5.41) is 9.10. The van der Waals surface area contributed by atoms with E-state index >= 15 is 0 Å². The third kappa shape index (κ3) is 4.72. The smallest absolute Gasteiger partial charge is 0.191 e. The van der Waals surface area contributed by atoms with Crippen LogP contribution in [-0.4, -0.2) is 24.5 Å². The minimum absolute atomic E-state index is 0.672. The zero-order valence-electron chi connectivity index (χ0n) is 13.8. The molecular weight excluding hydrogens is 272 g/mol. The van der Waals surface area contributed by atoms with E-state index < -0.39 is 0 Å². The molecule has 0 saturated carbocycles. The number of aliphatic imine (C=N–C) groups is 1. The zero-order chi connectivity index (χ0) is 15.8. The van der Waals surface area contributed by atoms with E-state index in [-0.39, 0.29) is 0 Å². The van der Waals surface area contributed by atoms with Crippen molar-refractivity contribution in [3.63, 3.8) is 0 Å². The van der Waals surface area contributed by atoms with Gasteiger partial charge in [-0.3, -0.25) is 9.98 Å². The maximum absolute atomic E-state index is 4.49. The summed E-state index contributed by atoms with van der Waals surface area (Å²) in [6.45, 7) is 6.12. The molecule has 0 radical (unpaired) electrons. The van der Waals surface area contributed by atoms with Gasteiger partial charge < -0.3 is 10.6 Å². The molecule has 0 bridgehead atoms. The lowest BCUT2D eigenvalue weighted by molar-refractivity contribution is 0.549. The number of hydrogen-bond donors (Lipinski definition) is 2. The van der Waals surface area contributed by atoms with Crippen molar-refractivity contribution in [3.05, 3.63) is 42.2 Å². The van der Waals surface area contributed by atoms with E-state index in [1.165, 1.54) is 17.2 Å². The fraction of sp³-hybridized carbons (Fsp3) is 0.444. The van der Waals surface area contributed by atoms with Crippen molar-refractivity contribution in [1.82, 2.24) is 15.6 Å². The van der Waals surface area contributed by atoms with Crippen LogP contribution in [0.1, 0.15) is 32.4 Å². The molecule has 0 saturated heterocycles. The van der Waals surface area contributed by atoms with Crippen LogP contribution in [0.5, 0.6) is 0 Å². The van der Waals surface area contributed by atoms with Crippen LogP contribution in [-0.2, 0) is 6.54 Å². The fourth-order valence-corrected chi connectivity index (χ4v) is 2.43. The Morgan fingerprint density at radius 1 is 1.18 bits per heavy atom. The highest BCUT2D eigenvalue weighted by Crippen LogP contribution is 2.15. The first-order chi connectivity index (χ1) is 10.7. The SMILES string of the molecule is CN=C(NCCCC(C)C)NCc1nccc2ccccc12. The highest BCUT2D eigenvalue weighted by molar-refractivity contribution is 5.85. The van der Waals surface area contributed by atoms with Gasteiger partial charge in [0.1, 0.15) is 0 Å². The number of hydrogen-bond acceptors (Lipinski definition) is 2. The van der Waals surface area contributed by atoms with E-state index in [9.17, 15) is 0 Å². The van der Waals surface area contributed by atoms with Crippen LogP contribution in [0.25, 0.3) is 10.8 Å². The van der Waals surface area contributed by atoms with Gasteiger partial charge in [0.05, 0.1) is 12.2 Å². The van der Waals surface area contributed by atoms with Crippen LogP contribution in [0.3, 0.4) is 0 Å². The van der Waals surface area contributed by atoms with E-state index in [0.29, 0.717) is 6.54 Å². The Morgan fingerprint density at radius 2 is 2.00 bits per heavy atom. The van der Waals surface area contributed by atoms with Gasteiger partial charge in [0.15, 0.2) is 5.96 Å². The number of nitrogens with one attached hydrogen (secondary N) is 2. The van der Waals surface area contributed by atoms with Gasteiger partial charge in [-0.1, -0.05) is 38.1 Å². The highest BCUT2D eigenvalue weighted by atomic mass is 15.2. The van der Waals surface area contributed by atoms with Crippen molar-refractivity contribution in [1.29, 1.82) is 0 Å². The van der Waals surface area contributed by atoms with E-state index in [0.717, 1.165) is 30.5 Å². The van der Waals surface area contributed by atoms with Gasteiger partial charge in [0.25, 0.3) is 0 Å². The van der Waals surface area contributed by atoms with Gasteiger partial charge >= 0.3 is 0 Å². The molecule has 0 aliphatic carbocycles. The fourth-order valence-electron chi connectivity index (χ4n) is 2.43. The maximum atomic E-state index is 4.49. The Morgan fingerprint density at radius 3 is 2.77 bits per heavy atom.